The van der Waals surface area contributed by atoms with Crippen LogP contribution in [0.15, 0.2) is 24.3 Å². The molecule has 0 bridgehead atoms. The summed E-state index contributed by atoms with van der Waals surface area (Å²) in [5.74, 6) is 0.339. The van der Waals surface area contributed by atoms with E-state index in [0.29, 0.717) is 24.5 Å². The summed E-state index contributed by atoms with van der Waals surface area (Å²) in [6, 6.07) is 8.12. The third kappa shape index (κ3) is 2.29. The van der Waals surface area contributed by atoms with Gasteiger partial charge in [0.2, 0.25) is 0 Å². The molecule has 0 radical (unpaired) electrons. The lowest BCUT2D eigenvalue weighted by Crippen LogP contribution is -2.42. The van der Waals surface area contributed by atoms with Gasteiger partial charge in [0.15, 0.2) is 0 Å². The van der Waals surface area contributed by atoms with Gasteiger partial charge in [-0.2, -0.15) is 0 Å². The van der Waals surface area contributed by atoms with Crippen LogP contribution < -0.4 is 5.73 Å². The highest BCUT2D eigenvalue weighted by Crippen LogP contribution is 2.42. The van der Waals surface area contributed by atoms with E-state index in [2.05, 4.69) is 11.0 Å². The normalized spacial score (nSPS) is 29.4. The molecule has 3 heteroatoms. The SMILES string of the molecule is NCC1CCCN(C2CC2)C1c1cccc(F)c1. The molecule has 0 aromatic heterocycles. The first kappa shape index (κ1) is 12.1. The molecule has 2 fully saturated rings. The van der Waals surface area contributed by atoms with Gasteiger partial charge in [-0.25, -0.2) is 4.39 Å². The second-order valence-electron chi connectivity index (χ2n) is 5.61. The summed E-state index contributed by atoms with van der Waals surface area (Å²) in [6.45, 7) is 1.84. The molecule has 2 aliphatic rings. The zero-order valence-corrected chi connectivity index (χ0v) is 10.7. The summed E-state index contributed by atoms with van der Waals surface area (Å²) >= 11 is 0. The zero-order chi connectivity index (χ0) is 12.5. The number of benzene rings is 1. The van der Waals surface area contributed by atoms with Crippen molar-refractivity contribution in [3.63, 3.8) is 0 Å². The topological polar surface area (TPSA) is 29.3 Å². The van der Waals surface area contributed by atoms with E-state index in [0.717, 1.165) is 12.1 Å². The van der Waals surface area contributed by atoms with Gasteiger partial charge in [-0.1, -0.05) is 12.1 Å². The van der Waals surface area contributed by atoms with Gasteiger partial charge in [0.1, 0.15) is 5.82 Å². The second-order valence-corrected chi connectivity index (χ2v) is 5.61. The van der Waals surface area contributed by atoms with Gasteiger partial charge in [0.25, 0.3) is 0 Å². The molecule has 1 aromatic carbocycles. The number of piperidine rings is 1. The molecule has 98 valence electrons. The second kappa shape index (κ2) is 4.98. The highest BCUT2D eigenvalue weighted by Gasteiger charge is 2.39. The monoisotopic (exact) mass is 248 g/mol. The van der Waals surface area contributed by atoms with E-state index in [9.17, 15) is 4.39 Å². The van der Waals surface area contributed by atoms with Crippen LogP contribution in [0.4, 0.5) is 4.39 Å². The Kier molecular flexibility index (Phi) is 3.35. The number of likely N-dealkylation sites (tertiary alicyclic amines) is 1. The molecule has 0 amide bonds. The van der Waals surface area contributed by atoms with Crippen molar-refractivity contribution in [2.75, 3.05) is 13.1 Å². The molecule has 3 rings (SSSR count). The van der Waals surface area contributed by atoms with Crippen LogP contribution >= 0.6 is 0 Å². The number of nitrogens with two attached hydrogens (primary N) is 1. The van der Waals surface area contributed by atoms with E-state index in [-0.39, 0.29) is 5.82 Å². The standard InChI is InChI=1S/C15H21FN2/c16-13-5-1-3-11(9-13)15-12(10-17)4-2-8-18(15)14-6-7-14/h1,3,5,9,12,14-15H,2,4,6-8,10,17H2. The molecule has 1 saturated heterocycles. The Morgan fingerprint density at radius 3 is 2.78 bits per heavy atom. The number of nitrogens with zero attached hydrogens (tertiary/aromatic N) is 1. The Morgan fingerprint density at radius 1 is 1.28 bits per heavy atom. The Morgan fingerprint density at radius 2 is 2.11 bits per heavy atom. The third-order valence-electron chi connectivity index (χ3n) is 4.30. The predicted molar refractivity (Wildman–Crippen MR) is 70.6 cm³/mol. The third-order valence-corrected chi connectivity index (χ3v) is 4.30. The fraction of sp³-hybridized carbons (Fsp3) is 0.600. The molecule has 2 unspecified atom stereocenters. The minimum atomic E-state index is -0.135. The minimum absolute atomic E-state index is 0.135. The van der Waals surface area contributed by atoms with Crippen molar-refractivity contribution in [2.45, 2.75) is 37.8 Å². The summed E-state index contributed by atoms with van der Waals surface area (Å²) in [4.78, 5) is 2.57. The molecule has 18 heavy (non-hydrogen) atoms. The maximum atomic E-state index is 13.4. The summed E-state index contributed by atoms with van der Waals surface area (Å²) in [5, 5.41) is 0. The van der Waals surface area contributed by atoms with E-state index >= 15 is 0 Å². The maximum absolute atomic E-state index is 13.4. The quantitative estimate of drug-likeness (QED) is 0.891. The van der Waals surface area contributed by atoms with Crippen LogP contribution in [0.25, 0.3) is 0 Å². The van der Waals surface area contributed by atoms with Crippen LogP contribution in [0, 0.1) is 11.7 Å². The minimum Gasteiger partial charge on any atom is -0.330 e. The van der Waals surface area contributed by atoms with E-state index in [4.69, 9.17) is 5.73 Å². The number of halogens is 1. The molecule has 1 heterocycles. The Balaban J connectivity index is 1.91. The number of hydrogen-bond acceptors (Lipinski definition) is 2. The molecule has 2 N–H and O–H groups in total. The summed E-state index contributed by atoms with van der Waals surface area (Å²) in [5.41, 5.74) is 7.04. The first-order valence-electron chi connectivity index (χ1n) is 7.01. The summed E-state index contributed by atoms with van der Waals surface area (Å²) < 4.78 is 13.4. The van der Waals surface area contributed by atoms with Crippen LogP contribution in [-0.2, 0) is 0 Å². The average Bonchev–Trinajstić information content (AvgIpc) is 3.22. The van der Waals surface area contributed by atoms with E-state index < -0.39 is 0 Å². The van der Waals surface area contributed by atoms with Gasteiger partial charge in [0.05, 0.1) is 0 Å². The van der Waals surface area contributed by atoms with Gasteiger partial charge in [-0.15, -0.1) is 0 Å². The van der Waals surface area contributed by atoms with Crippen LogP contribution in [0.5, 0.6) is 0 Å². The van der Waals surface area contributed by atoms with Crippen LogP contribution in [0.1, 0.15) is 37.3 Å². The molecule has 1 aromatic rings. The molecule has 2 atom stereocenters. The van der Waals surface area contributed by atoms with Gasteiger partial charge in [-0.05, 0) is 62.4 Å². The Bertz CT molecular complexity index is 417. The number of rotatable bonds is 3. The van der Waals surface area contributed by atoms with Crippen molar-refractivity contribution in [3.8, 4) is 0 Å². The first-order chi connectivity index (χ1) is 8.79. The predicted octanol–water partition coefficient (Wildman–Crippen LogP) is 2.70. The molecule has 2 nitrogen and oxygen atoms in total. The zero-order valence-electron chi connectivity index (χ0n) is 10.7. The van der Waals surface area contributed by atoms with Crippen molar-refractivity contribution >= 4 is 0 Å². The molecular formula is C15H21FN2. The van der Waals surface area contributed by atoms with Crippen molar-refractivity contribution < 1.29 is 4.39 Å². The number of hydrogen-bond donors (Lipinski definition) is 1. The van der Waals surface area contributed by atoms with E-state index in [1.165, 1.54) is 31.7 Å². The van der Waals surface area contributed by atoms with Gasteiger partial charge < -0.3 is 5.73 Å². The fourth-order valence-corrected chi connectivity index (χ4v) is 3.32. The molecule has 1 aliphatic carbocycles. The van der Waals surface area contributed by atoms with Crippen molar-refractivity contribution in [1.29, 1.82) is 0 Å². The van der Waals surface area contributed by atoms with Crippen LogP contribution in [0.3, 0.4) is 0 Å². The van der Waals surface area contributed by atoms with Crippen molar-refractivity contribution in [2.24, 2.45) is 11.7 Å². The molecular weight excluding hydrogens is 227 g/mol. The largest absolute Gasteiger partial charge is 0.330 e. The molecule has 1 aliphatic heterocycles. The summed E-state index contributed by atoms with van der Waals surface area (Å²) in [7, 11) is 0. The maximum Gasteiger partial charge on any atom is 0.123 e. The smallest absolute Gasteiger partial charge is 0.123 e. The Labute approximate surface area is 108 Å². The lowest BCUT2D eigenvalue weighted by atomic mass is 9.84. The Hall–Kier alpha value is -0.930. The summed E-state index contributed by atoms with van der Waals surface area (Å²) in [6.07, 6.45) is 4.98. The molecule has 0 spiro atoms. The lowest BCUT2D eigenvalue weighted by Gasteiger charge is -2.41. The van der Waals surface area contributed by atoms with Gasteiger partial charge in [-0.3, -0.25) is 4.90 Å². The first-order valence-corrected chi connectivity index (χ1v) is 7.01. The lowest BCUT2D eigenvalue weighted by molar-refractivity contribution is 0.0877. The highest BCUT2D eigenvalue weighted by molar-refractivity contribution is 5.22. The highest BCUT2D eigenvalue weighted by atomic mass is 19.1. The molecule has 1 saturated carbocycles. The fourth-order valence-electron chi connectivity index (χ4n) is 3.32. The van der Waals surface area contributed by atoms with Gasteiger partial charge in [0, 0.05) is 12.1 Å². The van der Waals surface area contributed by atoms with Gasteiger partial charge >= 0.3 is 0 Å². The van der Waals surface area contributed by atoms with E-state index in [1.54, 1.807) is 6.07 Å². The van der Waals surface area contributed by atoms with E-state index in [1.807, 2.05) is 6.07 Å². The van der Waals surface area contributed by atoms with Crippen molar-refractivity contribution in [3.05, 3.63) is 35.6 Å². The van der Waals surface area contributed by atoms with Crippen molar-refractivity contribution in [1.82, 2.24) is 4.90 Å². The van der Waals surface area contributed by atoms with Crippen LogP contribution in [0.2, 0.25) is 0 Å². The van der Waals surface area contributed by atoms with Crippen LogP contribution in [-0.4, -0.2) is 24.0 Å². The average molecular weight is 248 g/mol.